The van der Waals surface area contributed by atoms with Crippen LogP contribution in [-0.4, -0.2) is 25.7 Å². The number of amides is 1. The predicted octanol–water partition coefficient (Wildman–Crippen LogP) is 4.34. The third-order valence-electron chi connectivity index (χ3n) is 4.89. The van der Waals surface area contributed by atoms with Gasteiger partial charge in [0.05, 0.1) is 24.9 Å². The molecule has 7 nitrogen and oxygen atoms in total. The Kier molecular flexibility index (Phi) is 5.88. The Balaban J connectivity index is 1.42. The molecule has 0 saturated carbocycles. The second-order valence-corrected chi connectivity index (χ2v) is 7.30. The fraction of sp³-hybridized carbons (Fsp3) is 0.217. The maximum Gasteiger partial charge on any atom is 0.228 e. The van der Waals surface area contributed by atoms with Crippen molar-refractivity contribution in [2.75, 3.05) is 10.6 Å². The van der Waals surface area contributed by atoms with Crippen LogP contribution in [-0.2, 0) is 17.8 Å². The maximum atomic E-state index is 13.3. The van der Waals surface area contributed by atoms with Crippen molar-refractivity contribution >= 4 is 28.6 Å². The molecule has 4 rings (SSSR count). The van der Waals surface area contributed by atoms with E-state index in [1.165, 1.54) is 12.1 Å². The number of carbonyl (C=O) groups is 1. The molecule has 158 valence electrons. The van der Waals surface area contributed by atoms with Crippen LogP contribution in [0.5, 0.6) is 0 Å². The van der Waals surface area contributed by atoms with Crippen molar-refractivity contribution in [3.05, 3.63) is 77.9 Å². The minimum atomic E-state index is -0.352. The van der Waals surface area contributed by atoms with E-state index in [1.807, 2.05) is 44.3 Å². The van der Waals surface area contributed by atoms with Crippen LogP contribution in [0.15, 0.2) is 60.9 Å². The highest BCUT2D eigenvalue weighted by Crippen LogP contribution is 2.22. The first-order chi connectivity index (χ1) is 15.0. The molecule has 2 aromatic heterocycles. The van der Waals surface area contributed by atoms with E-state index in [1.54, 1.807) is 23.0 Å². The van der Waals surface area contributed by atoms with Gasteiger partial charge < -0.3 is 10.6 Å². The second-order valence-electron chi connectivity index (χ2n) is 7.30. The second kappa shape index (κ2) is 8.91. The molecule has 2 N–H and O–H groups in total. The summed E-state index contributed by atoms with van der Waals surface area (Å²) in [6, 6.07) is 13.5. The Hall–Kier alpha value is -3.81. The summed E-state index contributed by atoms with van der Waals surface area (Å²) in [6.07, 6.45) is 3.66. The van der Waals surface area contributed by atoms with Gasteiger partial charge in [0, 0.05) is 12.2 Å². The average molecular weight is 418 g/mol. The Morgan fingerprint density at radius 1 is 1.19 bits per heavy atom. The number of benzene rings is 2. The molecule has 1 amide bonds. The van der Waals surface area contributed by atoms with Gasteiger partial charge in [-0.05, 0) is 49.2 Å². The van der Waals surface area contributed by atoms with Gasteiger partial charge in [-0.1, -0.05) is 24.3 Å². The van der Waals surface area contributed by atoms with Crippen LogP contribution in [0.1, 0.15) is 31.0 Å². The fourth-order valence-electron chi connectivity index (χ4n) is 3.30. The number of rotatable bonds is 7. The lowest BCUT2D eigenvalue weighted by Gasteiger charge is -2.16. The first-order valence-corrected chi connectivity index (χ1v) is 10.1. The quantitative estimate of drug-likeness (QED) is 0.466. The van der Waals surface area contributed by atoms with Gasteiger partial charge >= 0.3 is 0 Å². The number of halogens is 1. The Morgan fingerprint density at radius 2 is 2.03 bits per heavy atom. The molecule has 0 aliphatic heterocycles. The van der Waals surface area contributed by atoms with E-state index in [9.17, 15) is 9.18 Å². The molecule has 2 heterocycles. The highest BCUT2D eigenvalue weighted by molar-refractivity contribution is 5.92. The standard InChI is InChI=1S/C23H23FN6O/c1-3-30-14-20-23(29-30)28-21(13-25-20)26-15(2)17-7-5-9-19(12-17)27-22(31)11-16-6-4-8-18(24)10-16/h4-10,12-15H,3,11H2,1-2H3,(H,27,31)(H,26,28,29)/t15-/m0/s1. The maximum absolute atomic E-state index is 13.3. The molecule has 0 bridgehead atoms. The van der Waals surface area contributed by atoms with Crippen molar-refractivity contribution in [1.82, 2.24) is 19.7 Å². The van der Waals surface area contributed by atoms with E-state index >= 15 is 0 Å². The van der Waals surface area contributed by atoms with Crippen LogP contribution in [0.2, 0.25) is 0 Å². The molecule has 0 radical (unpaired) electrons. The van der Waals surface area contributed by atoms with Crippen molar-refractivity contribution in [3.8, 4) is 0 Å². The molecule has 0 spiro atoms. The van der Waals surface area contributed by atoms with Crippen LogP contribution in [0.3, 0.4) is 0 Å². The number of hydrogen-bond donors (Lipinski definition) is 2. The van der Waals surface area contributed by atoms with Gasteiger partial charge in [-0.2, -0.15) is 5.10 Å². The summed E-state index contributed by atoms with van der Waals surface area (Å²) in [5, 5.41) is 10.6. The highest BCUT2D eigenvalue weighted by atomic mass is 19.1. The summed E-state index contributed by atoms with van der Waals surface area (Å²) < 4.78 is 15.1. The monoisotopic (exact) mass is 418 g/mol. The van der Waals surface area contributed by atoms with E-state index in [0.29, 0.717) is 22.7 Å². The zero-order valence-corrected chi connectivity index (χ0v) is 17.3. The molecule has 0 unspecified atom stereocenters. The van der Waals surface area contributed by atoms with Gasteiger partial charge in [-0.3, -0.25) is 9.48 Å². The summed E-state index contributed by atoms with van der Waals surface area (Å²) >= 11 is 0. The Bertz CT molecular complexity index is 1220. The predicted molar refractivity (Wildman–Crippen MR) is 118 cm³/mol. The number of anilines is 2. The van der Waals surface area contributed by atoms with E-state index in [-0.39, 0.29) is 24.2 Å². The van der Waals surface area contributed by atoms with E-state index in [2.05, 4.69) is 25.7 Å². The van der Waals surface area contributed by atoms with Crippen molar-refractivity contribution in [1.29, 1.82) is 0 Å². The molecule has 8 heteroatoms. The summed E-state index contributed by atoms with van der Waals surface area (Å²) in [6.45, 7) is 4.77. The molecule has 0 fully saturated rings. The van der Waals surface area contributed by atoms with E-state index < -0.39 is 0 Å². The third kappa shape index (κ3) is 5.03. The van der Waals surface area contributed by atoms with E-state index in [0.717, 1.165) is 17.6 Å². The number of nitrogens with zero attached hydrogens (tertiary/aromatic N) is 4. The first kappa shape index (κ1) is 20.5. The zero-order valence-electron chi connectivity index (χ0n) is 17.3. The minimum Gasteiger partial charge on any atom is -0.362 e. The molecular formula is C23H23FN6O. The van der Waals surface area contributed by atoms with Gasteiger partial charge in [0.2, 0.25) is 11.6 Å². The van der Waals surface area contributed by atoms with Gasteiger partial charge in [0.1, 0.15) is 17.2 Å². The number of aromatic nitrogens is 4. The summed E-state index contributed by atoms with van der Waals surface area (Å²) in [7, 11) is 0. The highest BCUT2D eigenvalue weighted by Gasteiger charge is 2.11. The van der Waals surface area contributed by atoms with Gasteiger partial charge in [-0.25, -0.2) is 14.4 Å². The molecule has 2 aromatic carbocycles. The molecule has 4 aromatic rings. The van der Waals surface area contributed by atoms with Crippen LogP contribution in [0.25, 0.3) is 11.2 Å². The molecule has 31 heavy (non-hydrogen) atoms. The molecular weight excluding hydrogens is 395 g/mol. The van der Waals surface area contributed by atoms with Crippen molar-refractivity contribution in [2.45, 2.75) is 32.9 Å². The van der Waals surface area contributed by atoms with Crippen LogP contribution in [0.4, 0.5) is 15.9 Å². The Labute approximate surface area is 179 Å². The van der Waals surface area contributed by atoms with Gasteiger partial charge in [0.25, 0.3) is 0 Å². The lowest BCUT2D eigenvalue weighted by Crippen LogP contribution is -2.15. The van der Waals surface area contributed by atoms with Gasteiger partial charge in [-0.15, -0.1) is 0 Å². The fourth-order valence-corrected chi connectivity index (χ4v) is 3.30. The van der Waals surface area contributed by atoms with Crippen LogP contribution >= 0.6 is 0 Å². The van der Waals surface area contributed by atoms with Gasteiger partial charge in [0.15, 0.2) is 0 Å². The number of aryl methyl sites for hydroxylation is 1. The van der Waals surface area contributed by atoms with Crippen molar-refractivity contribution in [2.24, 2.45) is 0 Å². The van der Waals surface area contributed by atoms with Crippen LogP contribution in [0, 0.1) is 5.82 Å². The van der Waals surface area contributed by atoms with Crippen molar-refractivity contribution in [3.63, 3.8) is 0 Å². The molecule has 0 aliphatic carbocycles. The smallest absolute Gasteiger partial charge is 0.228 e. The van der Waals surface area contributed by atoms with Crippen LogP contribution < -0.4 is 10.6 Å². The van der Waals surface area contributed by atoms with Crippen molar-refractivity contribution < 1.29 is 9.18 Å². The molecule has 0 saturated heterocycles. The summed E-state index contributed by atoms with van der Waals surface area (Å²) in [5.74, 6) is 0.0723. The topological polar surface area (TPSA) is 84.7 Å². The largest absolute Gasteiger partial charge is 0.362 e. The summed E-state index contributed by atoms with van der Waals surface area (Å²) in [4.78, 5) is 21.3. The SMILES string of the molecule is CCn1cc2ncc(N[C@@H](C)c3cccc(NC(=O)Cc4cccc(F)c4)c3)nc2n1. The first-order valence-electron chi connectivity index (χ1n) is 10.1. The average Bonchev–Trinajstić information content (AvgIpc) is 3.16. The number of hydrogen-bond acceptors (Lipinski definition) is 5. The molecule has 0 aliphatic rings. The third-order valence-corrected chi connectivity index (χ3v) is 4.89. The number of nitrogens with one attached hydrogen (secondary N) is 2. The number of carbonyl (C=O) groups excluding carboxylic acids is 1. The normalized spacial score (nSPS) is 12.0. The minimum absolute atomic E-state index is 0.0694. The lowest BCUT2D eigenvalue weighted by atomic mass is 10.1. The van der Waals surface area contributed by atoms with E-state index in [4.69, 9.17) is 0 Å². The summed E-state index contributed by atoms with van der Waals surface area (Å²) in [5.41, 5.74) is 3.63. The Morgan fingerprint density at radius 3 is 2.84 bits per heavy atom. The lowest BCUT2D eigenvalue weighted by molar-refractivity contribution is -0.115. The number of fused-ring (bicyclic) bond motifs is 1. The zero-order chi connectivity index (χ0) is 21.8. The molecule has 1 atom stereocenters.